The molecule has 2 aliphatic heterocycles. The average Bonchev–Trinajstić information content (AvgIpc) is 3.32. The van der Waals surface area contributed by atoms with Crippen LogP contribution in [0.5, 0.6) is 0 Å². The molecule has 10 heteroatoms. The maximum absolute atomic E-state index is 11.8. The number of guanidine groups is 1. The SMILES string of the molecule is COC(=O)C1CCN(C(=NCc2nnc(C)n2C)NCC2CCCO2)CC1.I. The van der Waals surface area contributed by atoms with Crippen LogP contribution in [0.3, 0.4) is 0 Å². The first kappa shape index (κ1) is 22.9. The topological polar surface area (TPSA) is 93.9 Å². The van der Waals surface area contributed by atoms with E-state index in [9.17, 15) is 4.79 Å². The van der Waals surface area contributed by atoms with Crippen molar-refractivity contribution >= 4 is 35.9 Å². The number of nitrogens with one attached hydrogen (secondary N) is 1. The van der Waals surface area contributed by atoms with Gasteiger partial charge in [0.05, 0.1) is 19.1 Å². The number of piperidine rings is 1. The zero-order valence-electron chi connectivity index (χ0n) is 16.9. The molecule has 28 heavy (non-hydrogen) atoms. The Kier molecular flexibility index (Phi) is 8.93. The van der Waals surface area contributed by atoms with Crippen molar-refractivity contribution in [2.75, 3.05) is 33.4 Å². The normalized spacial score (nSPS) is 20.8. The molecule has 2 aliphatic rings. The number of methoxy groups -OCH3 is 1. The highest BCUT2D eigenvalue weighted by molar-refractivity contribution is 14.0. The van der Waals surface area contributed by atoms with Gasteiger partial charge in [-0.1, -0.05) is 0 Å². The summed E-state index contributed by atoms with van der Waals surface area (Å²) in [6.07, 6.45) is 3.97. The zero-order valence-corrected chi connectivity index (χ0v) is 19.2. The van der Waals surface area contributed by atoms with E-state index < -0.39 is 0 Å². The van der Waals surface area contributed by atoms with Gasteiger partial charge >= 0.3 is 5.97 Å². The molecule has 1 unspecified atom stereocenters. The van der Waals surface area contributed by atoms with Crippen LogP contribution in [0.4, 0.5) is 0 Å². The minimum Gasteiger partial charge on any atom is -0.469 e. The highest BCUT2D eigenvalue weighted by Gasteiger charge is 2.27. The predicted octanol–water partition coefficient (Wildman–Crippen LogP) is 1.25. The van der Waals surface area contributed by atoms with Gasteiger partial charge in [0.15, 0.2) is 11.8 Å². The third-order valence-corrected chi connectivity index (χ3v) is 5.39. The Hall–Kier alpha value is -1.43. The second-order valence-electron chi connectivity index (χ2n) is 7.16. The molecule has 0 spiro atoms. The van der Waals surface area contributed by atoms with Gasteiger partial charge in [-0.25, -0.2) is 4.99 Å². The van der Waals surface area contributed by atoms with E-state index in [4.69, 9.17) is 14.5 Å². The minimum absolute atomic E-state index is 0. The third-order valence-electron chi connectivity index (χ3n) is 5.39. The van der Waals surface area contributed by atoms with Gasteiger partial charge < -0.3 is 24.3 Å². The standard InChI is InChI=1S/C18H30N6O3.HI/c1-13-21-22-16(23(13)2)12-20-18(19-11-15-5-4-10-27-15)24-8-6-14(7-9-24)17(25)26-3;/h14-15H,4-12H2,1-3H3,(H,19,20);1H. The van der Waals surface area contributed by atoms with Gasteiger partial charge in [-0.3, -0.25) is 4.79 Å². The molecule has 1 atom stereocenters. The summed E-state index contributed by atoms with van der Waals surface area (Å²) in [6, 6.07) is 0. The third kappa shape index (κ3) is 5.79. The van der Waals surface area contributed by atoms with Crippen LogP contribution < -0.4 is 5.32 Å². The lowest BCUT2D eigenvalue weighted by atomic mass is 9.97. The van der Waals surface area contributed by atoms with Crippen LogP contribution in [0.2, 0.25) is 0 Å². The number of rotatable bonds is 5. The van der Waals surface area contributed by atoms with Crippen molar-refractivity contribution in [1.82, 2.24) is 25.0 Å². The molecule has 158 valence electrons. The molecule has 1 aromatic rings. The van der Waals surface area contributed by atoms with Crippen molar-refractivity contribution in [2.24, 2.45) is 18.0 Å². The summed E-state index contributed by atoms with van der Waals surface area (Å²) < 4.78 is 12.5. The van der Waals surface area contributed by atoms with Crippen LogP contribution in [0.1, 0.15) is 37.3 Å². The lowest BCUT2D eigenvalue weighted by molar-refractivity contribution is -0.146. The lowest BCUT2D eigenvalue weighted by Gasteiger charge is -2.33. The molecule has 2 saturated heterocycles. The molecule has 0 bridgehead atoms. The van der Waals surface area contributed by atoms with Crippen molar-refractivity contribution < 1.29 is 14.3 Å². The number of hydrogen-bond acceptors (Lipinski definition) is 6. The van der Waals surface area contributed by atoms with Gasteiger partial charge in [0.2, 0.25) is 0 Å². The molecule has 3 rings (SSSR count). The largest absolute Gasteiger partial charge is 0.469 e. The van der Waals surface area contributed by atoms with Gasteiger partial charge in [0.1, 0.15) is 12.4 Å². The van der Waals surface area contributed by atoms with Crippen molar-refractivity contribution in [3.8, 4) is 0 Å². The Bertz CT molecular complexity index is 666. The second kappa shape index (κ2) is 10.9. The summed E-state index contributed by atoms with van der Waals surface area (Å²) in [5, 5.41) is 11.7. The Labute approximate surface area is 183 Å². The summed E-state index contributed by atoms with van der Waals surface area (Å²) in [7, 11) is 3.40. The quantitative estimate of drug-likeness (QED) is 0.278. The summed E-state index contributed by atoms with van der Waals surface area (Å²) >= 11 is 0. The first-order chi connectivity index (χ1) is 13.1. The van der Waals surface area contributed by atoms with Gasteiger partial charge in [-0.15, -0.1) is 34.2 Å². The molecule has 0 aliphatic carbocycles. The lowest BCUT2D eigenvalue weighted by Crippen LogP contribution is -2.48. The predicted molar refractivity (Wildman–Crippen MR) is 116 cm³/mol. The molecule has 0 aromatic carbocycles. The number of halogens is 1. The van der Waals surface area contributed by atoms with Crippen molar-refractivity contribution in [2.45, 2.75) is 45.3 Å². The van der Waals surface area contributed by atoms with Crippen molar-refractivity contribution in [3.63, 3.8) is 0 Å². The highest BCUT2D eigenvalue weighted by Crippen LogP contribution is 2.19. The van der Waals surface area contributed by atoms with Gasteiger partial charge in [-0.2, -0.15) is 0 Å². The number of hydrogen-bond donors (Lipinski definition) is 1. The molecular formula is C18H31IN6O3. The van der Waals surface area contributed by atoms with E-state index in [0.717, 1.165) is 69.5 Å². The van der Waals surface area contributed by atoms with Gasteiger partial charge in [-0.05, 0) is 32.6 Å². The Balaban J connectivity index is 0.00000280. The van der Waals surface area contributed by atoms with E-state index in [-0.39, 0.29) is 42.0 Å². The number of nitrogens with zero attached hydrogens (tertiary/aromatic N) is 5. The van der Waals surface area contributed by atoms with E-state index in [1.165, 1.54) is 7.11 Å². The van der Waals surface area contributed by atoms with Crippen LogP contribution in [0.25, 0.3) is 0 Å². The fraction of sp³-hybridized carbons (Fsp3) is 0.778. The van der Waals surface area contributed by atoms with Crippen molar-refractivity contribution in [1.29, 1.82) is 0 Å². The van der Waals surface area contributed by atoms with Crippen LogP contribution >= 0.6 is 24.0 Å². The summed E-state index contributed by atoms with van der Waals surface area (Å²) in [4.78, 5) is 18.8. The van der Waals surface area contributed by atoms with Crippen LogP contribution in [0.15, 0.2) is 4.99 Å². The van der Waals surface area contributed by atoms with Gasteiger partial charge in [0.25, 0.3) is 0 Å². The van der Waals surface area contributed by atoms with Crippen LogP contribution in [-0.4, -0.2) is 71.0 Å². The fourth-order valence-electron chi connectivity index (χ4n) is 3.51. The first-order valence-electron chi connectivity index (χ1n) is 9.66. The second-order valence-corrected chi connectivity index (χ2v) is 7.16. The zero-order chi connectivity index (χ0) is 19.2. The maximum atomic E-state index is 11.8. The number of ether oxygens (including phenoxy) is 2. The van der Waals surface area contributed by atoms with E-state index in [0.29, 0.717) is 6.54 Å². The number of esters is 1. The average molecular weight is 506 g/mol. The Morgan fingerprint density at radius 2 is 2.07 bits per heavy atom. The summed E-state index contributed by atoms with van der Waals surface area (Å²) in [5.74, 6) is 2.40. The summed E-state index contributed by atoms with van der Waals surface area (Å²) in [6.45, 7) is 5.51. The number of aryl methyl sites for hydroxylation is 1. The molecule has 1 aromatic heterocycles. The van der Waals surface area contributed by atoms with Crippen LogP contribution in [-0.2, 0) is 27.9 Å². The molecule has 1 N–H and O–H groups in total. The molecule has 9 nitrogen and oxygen atoms in total. The minimum atomic E-state index is -0.116. The number of carbonyl (C=O) groups excluding carboxylic acids is 1. The van der Waals surface area contributed by atoms with E-state index in [1.54, 1.807) is 0 Å². The molecule has 3 heterocycles. The number of carbonyl (C=O) groups is 1. The van der Waals surface area contributed by atoms with E-state index in [2.05, 4.69) is 20.4 Å². The van der Waals surface area contributed by atoms with Crippen molar-refractivity contribution in [3.05, 3.63) is 11.6 Å². The monoisotopic (exact) mass is 506 g/mol. The number of aliphatic imine (C=N–C) groups is 1. The van der Waals surface area contributed by atoms with Crippen LogP contribution in [0, 0.1) is 12.8 Å². The smallest absolute Gasteiger partial charge is 0.308 e. The summed E-state index contributed by atoms with van der Waals surface area (Å²) in [5.41, 5.74) is 0. The number of likely N-dealkylation sites (tertiary alicyclic amines) is 1. The molecule has 0 saturated carbocycles. The Morgan fingerprint density at radius 1 is 1.32 bits per heavy atom. The molecule has 0 radical (unpaired) electrons. The van der Waals surface area contributed by atoms with E-state index >= 15 is 0 Å². The number of aromatic nitrogens is 3. The first-order valence-corrected chi connectivity index (χ1v) is 9.66. The Morgan fingerprint density at radius 3 is 2.64 bits per heavy atom. The molecule has 2 fully saturated rings. The fourth-order valence-corrected chi connectivity index (χ4v) is 3.51. The van der Waals surface area contributed by atoms with E-state index in [1.807, 2.05) is 18.5 Å². The maximum Gasteiger partial charge on any atom is 0.308 e. The molecule has 0 amide bonds. The van der Waals surface area contributed by atoms with Gasteiger partial charge in [0, 0.05) is 33.3 Å². The highest BCUT2D eigenvalue weighted by atomic mass is 127. The molecular weight excluding hydrogens is 475 g/mol.